The number of fused-ring (bicyclic) bond motifs is 3. The second kappa shape index (κ2) is 7.85. The summed E-state index contributed by atoms with van der Waals surface area (Å²) in [4.78, 5) is 4.24. The van der Waals surface area contributed by atoms with Crippen molar-refractivity contribution in [1.82, 2.24) is 10.3 Å². The van der Waals surface area contributed by atoms with Crippen LogP contribution in [0.15, 0.2) is 71.5 Å². The van der Waals surface area contributed by atoms with Gasteiger partial charge in [-0.2, -0.15) is 0 Å². The molecule has 0 radical (unpaired) electrons. The Bertz CT molecular complexity index is 1130. The molecule has 1 saturated carbocycles. The van der Waals surface area contributed by atoms with Crippen LogP contribution in [-0.4, -0.2) is 42.0 Å². The first-order valence-corrected chi connectivity index (χ1v) is 11.4. The van der Waals surface area contributed by atoms with Crippen LogP contribution in [0.2, 0.25) is 0 Å². The molecule has 7 heteroatoms. The predicted octanol–water partition coefficient (Wildman–Crippen LogP) is 3.32. The second-order valence-corrected chi connectivity index (χ2v) is 9.30. The molecule has 2 aromatic carbocycles. The Balaban J connectivity index is 1.86. The molecule has 166 valence electrons. The van der Waals surface area contributed by atoms with E-state index in [1.54, 1.807) is 12.4 Å². The largest absolute Gasteiger partial charge is 0.495 e. The number of aromatic nitrogens is 1. The Morgan fingerprint density at radius 2 is 1.84 bits per heavy atom. The molecular formula is C25H25BrN2O4. The van der Waals surface area contributed by atoms with Gasteiger partial charge in [-0.25, -0.2) is 0 Å². The molecule has 3 aromatic rings. The van der Waals surface area contributed by atoms with E-state index in [0.717, 1.165) is 15.6 Å². The first kappa shape index (κ1) is 21.4. The zero-order chi connectivity index (χ0) is 22.5. The second-order valence-electron chi connectivity index (χ2n) is 8.38. The molecule has 1 aliphatic carbocycles. The molecule has 0 amide bonds. The number of hydrogen-bond acceptors (Lipinski definition) is 6. The maximum Gasteiger partial charge on any atom is 0.177 e. The Morgan fingerprint density at radius 1 is 1.12 bits per heavy atom. The van der Waals surface area contributed by atoms with Crippen molar-refractivity contribution in [3.8, 4) is 11.5 Å². The Morgan fingerprint density at radius 3 is 2.50 bits per heavy atom. The molecule has 0 spiro atoms. The van der Waals surface area contributed by atoms with E-state index in [0.29, 0.717) is 23.6 Å². The van der Waals surface area contributed by atoms with Gasteiger partial charge in [-0.15, -0.1) is 0 Å². The van der Waals surface area contributed by atoms with E-state index in [1.165, 1.54) is 7.11 Å². The molecule has 6 nitrogen and oxygen atoms in total. The molecule has 0 saturated heterocycles. The number of aliphatic hydroxyl groups is 2. The van der Waals surface area contributed by atoms with Crippen LogP contribution in [-0.2, 0) is 11.2 Å². The minimum Gasteiger partial charge on any atom is -0.495 e. The lowest BCUT2D eigenvalue weighted by Crippen LogP contribution is -2.52. The van der Waals surface area contributed by atoms with Crippen LogP contribution in [0.4, 0.5) is 0 Å². The Hall–Kier alpha value is -2.45. The molecule has 1 aliphatic heterocycles. The molecule has 3 unspecified atom stereocenters. The monoisotopic (exact) mass is 496 g/mol. The van der Waals surface area contributed by atoms with Gasteiger partial charge in [-0.05, 0) is 30.3 Å². The summed E-state index contributed by atoms with van der Waals surface area (Å²) in [6.07, 6.45) is 2.01. The van der Waals surface area contributed by atoms with Crippen LogP contribution in [0, 0.1) is 5.92 Å². The Kier molecular flexibility index (Phi) is 5.25. The minimum absolute atomic E-state index is 0.331. The summed E-state index contributed by atoms with van der Waals surface area (Å²) in [6.45, 7) is 0.493. The van der Waals surface area contributed by atoms with E-state index in [1.807, 2.05) is 61.6 Å². The maximum absolute atomic E-state index is 12.5. The van der Waals surface area contributed by atoms with Crippen LogP contribution in [0.3, 0.4) is 0 Å². The standard InChI is InChI=1S/C25H25BrN2O4/c1-27-12-18-21(15-6-4-3-5-7-15)25(16-8-10-17(26)11-9-16)24(30,23(18)29)22-19(31-2)13-28-14-20(22)32-25/h3-11,13-14,18,21,23,27,29-30H,12H2,1-2H3/t18-,21?,23-,24?,25?/m1/s1. The fourth-order valence-corrected chi connectivity index (χ4v) is 5.96. The molecule has 3 N–H and O–H groups in total. The minimum atomic E-state index is -1.76. The number of rotatable bonds is 5. The maximum atomic E-state index is 12.5. The average Bonchev–Trinajstić information content (AvgIpc) is 3.19. The molecule has 2 aliphatic rings. The van der Waals surface area contributed by atoms with Gasteiger partial charge in [0.15, 0.2) is 11.2 Å². The number of nitrogens with zero attached hydrogens (tertiary/aromatic N) is 1. The number of methoxy groups -OCH3 is 1. The number of aliphatic hydroxyl groups excluding tert-OH is 1. The van der Waals surface area contributed by atoms with Crippen molar-refractivity contribution in [3.05, 3.63) is 88.2 Å². The SMILES string of the molecule is CNC[C@@H]1C(c2ccccc2)C2(c3ccc(Br)cc3)Oc3cncc(OC)c3C2(O)[C@@H]1O. The number of benzene rings is 2. The molecule has 5 atom stereocenters. The fraction of sp³-hybridized carbons (Fsp3) is 0.320. The third-order valence-electron chi connectivity index (χ3n) is 6.89. The lowest BCUT2D eigenvalue weighted by atomic mass is 9.70. The van der Waals surface area contributed by atoms with Crippen molar-refractivity contribution in [3.63, 3.8) is 0 Å². The summed E-state index contributed by atoms with van der Waals surface area (Å²) in [6, 6.07) is 17.7. The van der Waals surface area contributed by atoms with Gasteiger partial charge in [0.05, 0.1) is 31.2 Å². The van der Waals surface area contributed by atoms with Gasteiger partial charge in [-0.1, -0.05) is 58.4 Å². The van der Waals surface area contributed by atoms with E-state index < -0.39 is 17.3 Å². The number of halogens is 1. The van der Waals surface area contributed by atoms with Gasteiger partial charge < -0.3 is 25.0 Å². The number of ether oxygens (including phenoxy) is 2. The van der Waals surface area contributed by atoms with Gasteiger partial charge in [0.1, 0.15) is 11.5 Å². The third-order valence-corrected chi connectivity index (χ3v) is 7.41. The lowest BCUT2D eigenvalue weighted by Gasteiger charge is -2.41. The van der Waals surface area contributed by atoms with Crippen molar-refractivity contribution in [2.45, 2.75) is 23.2 Å². The van der Waals surface area contributed by atoms with E-state index in [2.05, 4.69) is 26.2 Å². The quantitative estimate of drug-likeness (QED) is 0.502. The molecule has 5 rings (SSSR count). The van der Waals surface area contributed by atoms with Crippen LogP contribution < -0.4 is 14.8 Å². The van der Waals surface area contributed by atoms with E-state index in [9.17, 15) is 10.2 Å². The molecule has 32 heavy (non-hydrogen) atoms. The Labute approximate surface area is 195 Å². The molecular weight excluding hydrogens is 472 g/mol. The first-order valence-electron chi connectivity index (χ1n) is 10.6. The summed E-state index contributed by atoms with van der Waals surface area (Å²) in [7, 11) is 3.37. The van der Waals surface area contributed by atoms with Gasteiger partial charge in [0.25, 0.3) is 0 Å². The van der Waals surface area contributed by atoms with Crippen LogP contribution >= 0.6 is 15.9 Å². The predicted molar refractivity (Wildman–Crippen MR) is 124 cm³/mol. The highest BCUT2D eigenvalue weighted by Crippen LogP contribution is 2.69. The summed E-state index contributed by atoms with van der Waals surface area (Å²) >= 11 is 3.50. The highest BCUT2D eigenvalue weighted by molar-refractivity contribution is 9.10. The van der Waals surface area contributed by atoms with Crippen molar-refractivity contribution < 1.29 is 19.7 Å². The van der Waals surface area contributed by atoms with Crippen molar-refractivity contribution in [1.29, 1.82) is 0 Å². The van der Waals surface area contributed by atoms with E-state index >= 15 is 0 Å². The third kappa shape index (κ3) is 2.72. The summed E-state index contributed by atoms with van der Waals surface area (Å²) in [5, 5.41) is 27.5. The zero-order valence-electron chi connectivity index (χ0n) is 17.8. The average molecular weight is 497 g/mol. The fourth-order valence-electron chi connectivity index (χ4n) is 5.69. The lowest BCUT2D eigenvalue weighted by molar-refractivity contribution is -0.152. The number of nitrogens with one attached hydrogen (secondary N) is 1. The normalized spacial score (nSPS) is 30.5. The molecule has 0 bridgehead atoms. The summed E-state index contributed by atoms with van der Waals surface area (Å²) in [5.41, 5.74) is -0.857. The topological polar surface area (TPSA) is 83.8 Å². The zero-order valence-corrected chi connectivity index (χ0v) is 19.4. The highest BCUT2D eigenvalue weighted by Gasteiger charge is 2.76. The van der Waals surface area contributed by atoms with Gasteiger partial charge in [0, 0.05) is 22.9 Å². The number of hydrogen-bond donors (Lipinski definition) is 3. The summed E-state index contributed by atoms with van der Waals surface area (Å²) in [5.74, 6) is 0.120. The van der Waals surface area contributed by atoms with Crippen LogP contribution in [0.5, 0.6) is 11.5 Å². The first-order chi connectivity index (χ1) is 15.5. The van der Waals surface area contributed by atoms with Gasteiger partial charge >= 0.3 is 0 Å². The molecule has 1 fully saturated rings. The van der Waals surface area contributed by atoms with Crippen molar-refractivity contribution >= 4 is 15.9 Å². The van der Waals surface area contributed by atoms with Crippen molar-refractivity contribution in [2.24, 2.45) is 5.92 Å². The van der Waals surface area contributed by atoms with Crippen LogP contribution in [0.1, 0.15) is 22.6 Å². The summed E-state index contributed by atoms with van der Waals surface area (Å²) < 4.78 is 13.2. The molecule has 2 heterocycles. The van der Waals surface area contributed by atoms with E-state index in [4.69, 9.17) is 9.47 Å². The molecule has 1 aromatic heterocycles. The van der Waals surface area contributed by atoms with Crippen molar-refractivity contribution in [2.75, 3.05) is 20.7 Å². The van der Waals surface area contributed by atoms with Gasteiger partial charge in [0.2, 0.25) is 0 Å². The van der Waals surface area contributed by atoms with Crippen LogP contribution in [0.25, 0.3) is 0 Å². The highest BCUT2D eigenvalue weighted by atomic mass is 79.9. The van der Waals surface area contributed by atoms with Gasteiger partial charge in [-0.3, -0.25) is 4.98 Å². The van der Waals surface area contributed by atoms with E-state index in [-0.39, 0.29) is 11.8 Å². The smallest absolute Gasteiger partial charge is 0.177 e. The number of pyridine rings is 1.